The Bertz CT molecular complexity index is 835. The molecule has 0 saturated heterocycles. The minimum Gasteiger partial charge on any atom is -0.252 e. The maximum atomic E-state index is 5.13. The van der Waals surface area contributed by atoms with E-state index < -0.39 is 0 Å². The van der Waals surface area contributed by atoms with Gasteiger partial charge in [0.05, 0.1) is 5.69 Å². The van der Waals surface area contributed by atoms with Crippen molar-refractivity contribution >= 4 is 10.8 Å². The van der Waals surface area contributed by atoms with Crippen LogP contribution in [0.2, 0.25) is 0 Å². The molecule has 0 radical (unpaired) electrons. The Morgan fingerprint density at radius 1 is 0.857 bits per heavy atom. The Labute approximate surface area is 124 Å². The molecule has 2 aliphatic carbocycles. The van der Waals surface area contributed by atoms with E-state index in [1.807, 2.05) is 0 Å². The Kier molecular flexibility index (Phi) is 2.29. The molecule has 102 valence electrons. The molecule has 1 fully saturated rings. The maximum Gasteiger partial charge on any atom is 0.0783 e. The van der Waals surface area contributed by atoms with Gasteiger partial charge in [0.25, 0.3) is 0 Å². The lowest BCUT2D eigenvalue weighted by atomic mass is 9.90. The molecular formula is C20H17N. The van der Waals surface area contributed by atoms with Crippen LogP contribution >= 0.6 is 0 Å². The molecule has 0 amide bonds. The van der Waals surface area contributed by atoms with Gasteiger partial charge in [-0.2, -0.15) is 0 Å². The lowest BCUT2D eigenvalue weighted by Crippen LogP contribution is -2.06. The van der Waals surface area contributed by atoms with Crippen molar-refractivity contribution in [1.29, 1.82) is 0 Å². The van der Waals surface area contributed by atoms with Crippen LogP contribution in [0.5, 0.6) is 0 Å². The van der Waals surface area contributed by atoms with E-state index in [2.05, 4.69) is 54.6 Å². The number of nitrogens with zero attached hydrogens (tertiary/aromatic N) is 1. The van der Waals surface area contributed by atoms with E-state index in [-0.39, 0.29) is 0 Å². The molecule has 0 bridgehead atoms. The molecule has 0 spiro atoms. The number of fused-ring (bicyclic) bond motifs is 5. The van der Waals surface area contributed by atoms with Crippen molar-refractivity contribution in [2.45, 2.75) is 25.2 Å². The molecule has 2 aromatic carbocycles. The largest absolute Gasteiger partial charge is 0.252 e. The Morgan fingerprint density at radius 3 is 2.48 bits per heavy atom. The third-order valence-corrected chi connectivity index (χ3v) is 5.13. The summed E-state index contributed by atoms with van der Waals surface area (Å²) in [5.74, 6) is 1.65. The fourth-order valence-corrected chi connectivity index (χ4v) is 3.96. The summed E-state index contributed by atoms with van der Waals surface area (Å²) < 4.78 is 0. The third-order valence-electron chi connectivity index (χ3n) is 5.13. The summed E-state index contributed by atoms with van der Waals surface area (Å²) in [6.45, 7) is 0. The van der Waals surface area contributed by atoms with Gasteiger partial charge in [0.2, 0.25) is 0 Å². The minimum atomic E-state index is 0.737. The molecule has 2 aliphatic rings. The van der Waals surface area contributed by atoms with Crippen molar-refractivity contribution in [1.82, 2.24) is 4.98 Å². The van der Waals surface area contributed by atoms with Crippen LogP contribution in [0.4, 0.5) is 0 Å². The van der Waals surface area contributed by atoms with E-state index >= 15 is 0 Å². The first kappa shape index (κ1) is 11.5. The highest BCUT2D eigenvalue weighted by Crippen LogP contribution is 2.55. The van der Waals surface area contributed by atoms with Crippen LogP contribution < -0.4 is 0 Å². The Balaban J connectivity index is 1.86. The van der Waals surface area contributed by atoms with E-state index in [4.69, 9.17) is 4.98 Å². The van der Waals surface area contributed by atoms with Gasteiger partial charge in [-0.05, 0) is 36.1 Å². The number of aromatic nitrogens is 1. The van der Waals surface area contributed by atoms with Gasteiger partial charge in [-0.25, -0.2) is 0 Å². The third kappa shape index (κ3) is 1.67. The molecular weight excluding hydrogens is 254 g/mol. The van der Waals surface area contributed by atoms with Gasteiger partial charge in [-0.1, -0.05) is 54.6 Å². The maximum absolute atomic E-state index is 5.13. The highest BCUT2D eigenvalue weighted by molar-refractivity contribution is 5.97. The highest BCUT2D eigenvalue weighted by Gasteiger charge is 2.44. The summed E-state index contributed by atoms with van der Waals surface area (Å²) >= 11 is 0. The van der Waals surface area contributed by atoms with Crippen molar-refractivity contribution < 1.29 is 0 Å². The quantitative estimate of drug-likeness (QED) is 0.610. The topological polar surface area (TPSA) is 12.9 Å². The zero-order chi connectivity index (χ0) is 13.8. The van der Waals surface area contributed by atoms with E-state index in [1.54, 1.807) is 0 Å². The van der Waals surface area contributed by atoms with Crippen LogP contribution in [0.15, 0.2) is 54.6 Å². The molecule has 1 unspecified atom stereocenters. The van der Waals surface area contributed by atoms with Gasteiger partial charge in [0.1, 0.15) is 0 Å². The smallest absolute Gasteiger partial charge is 0.0783 e. The number of aryl methyl sites for hydroxylation is 1. The first-order valence-corrected chi connectivity index (χ1v) is 7.89. The van der Waals surface area contributed by atoms with Crippen molar-refractivity contribution in [3.05, 3.63) is 65.9 Å². The zero-order valence-electron chi connectivity index (χ0n) is 11.9. The van der Waals surface area contributed by atoms with Gasteiger partial charge in [-0.3, -0.25) is 4.98 Å². The average Bonchev–Trinajstić information content (AvgIpc) is 3.35. The number of rotatable bonds is 1. The van der Waals surface area contributed by atoms with Crippen molar-refractivity contribution in [2.24, 2.45) is 5.92 Å². The molecule has 1 heteroatoms. The standard InChI is InChI=1S/C20H17N/c1-2-6-13(7-3-1)19-16-9-5-4-8-15(16)17-11-10-14-12-18(14)20(17)21-19/h1-9,14,18H,10-12H2/t14?,18-/m1/s1. The number of hydrogen-bond acceptors (Lipinski definition) is 1. The van der Waals surface area contributed by atoms with Gasteiger partial charge in [0, 0.05) is 22.6 Å². The second-order valence-electron chi connectivity index (χ2n) is 6.38. The van der Waals surface area contributed by atoms with Gasteiger partial charge >= 0.3 is 0 Å². The molecule has 1 saturated carbocycles. The molecule has 1 nitrogen and oxygen atoms in total. The van der Waals surface area contributed by atoms with Crippen LogP contribution in [0, 0.1) is 5.92 Å². The fraction of sp³-hybridized carbons (Fsp3) is 0.250. The number of benzene rings is 2. The lowest BCUT2D eigenvalue weighted by Gasteiger charge is -2.19. The predicted octanol–water partition coefficient (Wildman–Crippen LogP) is 4.95. The average molecular weight is 271 g/mol. The summed E-state index contributed by atoms with van der Waals surface area (Å²) in [7, 11) is 0. The van der Waals surface area contributed by atoms with Crippen molar-refractivity contribution in [2.75, 3.05) is 0 Å². The van der Waals surface area contributed by atoms with E-state index in [1.165, 1.54) is 46.9 Å². The van der Waals surface area contributed by atoms with Crippen molar-refractivity contribution in [3.8, 4) is 11.3 Å². The molecule has 2 atom stereocenters. The van der Waals surface area contributed by atoms with Crippen LogP contribution in [0.3, 0.4) is 0 Å². The molecule has 21 heavy (non-hydrogen) atoms. The molecule has 0 aliphatic heterocycles. The SMILES string of the molecule is c1ccc(-c2nc3c(c4ccccc24)CCC2C[C@@H]32)cc1. The highest BCUT2D eigenvalue weighted by atomic mass is 14.8. The fourth-order valence-electron chi connectivity index (χ4n) is 3.96. The summed E-state index contributed by atoms with van der Waals surface area (Å²) in [6.07, 6.45) is 3.92. The Morgan fingerprint density at radius 2 is 1.62 bits per heavy atom. The molecule has 1 aromatic heterocycles. The first-order valence-electron chi connectivity index (χ1n) is 7.89. The summed E-state index contributed by atoms with van der Waals surface area (Å²) in [4.78, 5) is 5.13. The first-order chi connectivity index (χ1) is 10.4. The van der Waals surface area contributed by atoms with E-state index in [0.29, 0.717) is 0 Å². The van der Waals surface area contributed by atoms with E-state index in [0.717, 1.165) is 17.5 Å². The van der Waals surface area contributed by atoms with Gasteiger partial charge in [0.15, 0.2) is 0 Å². The number of pyridine rings is 1. The second-order valence-corrected chi connectivity index (χ2v) is 6.38. The van der Waals surface area contributed by atoms with Crippen molar-refractivity contribution in [3.63, 3.8) is 0 Å². The molecule has 5 rings (SSSR count). The molecule has 3 aromatic rings. The second kappa shape index (κ2) is 4.17. The number of hydrogen-bond donors (Lipinski definition) is 0. The van der Waals surface area contributed by atoms with Gasteiger partial charge in [-0.15, -0.1) is 0 Å². The summed E-state index contributed by atoms with van der Waals surface area (Å²) in [6, 6.07) is 19.4. The predicted molar refractivity (Wildman–Crippen MR) is 86.3 cm³/mol. The lowest BCUT2D eigenvalue weighted by molar-refractivity contribution is 0.659. The van der Waals surface area contributed by atoms with Crippen LogP contribution in [0.1, 0.15) is 30.0 Å². The summed E-state index contributed by atoms with van der Waals surface area (Å²) in [5, 5.41) is 2.73. The Hall–Kier alpha value is -2.15. The van der Waals surface area contributed by atoms with Gasteiger partial charge < -0.3 is 0 Å². The monoisotopic (exact) mass is 271 g/mol. The minimum absolute atomic E-state index is 0.737. The zero-order valence-corrected chi connectivity index (χ0v) is 11.9. The normalized spacial score (nSPS) is 22.7. The molecule has 1 heterocycles. The summed E-state index contributed by atoms with van der Waals surface area (Å²) in [5.41, 5.74) is 5.31. The molecule has 0 N–H and O–H groups in total. The van der Waals surface area contributed by atoms with Crippen LogP contribution in [-0.4, -0.2) is 4.98 Å². The van der Waals surface area contributed by atoms with Crippen LogP contribution in [-0.2, 0) is 6.42 Å². The van der Waals surface area contributed by atoms with E-state index in [9.17, 15) is 0 Å². The van der Waals surface area contributed by atoms with Crippen LogP contribution in [0.25, 0.3) is 22.0 Å².